The zero-order valence-electron chi connectivity index (χ0n) is 8.50. The molecule has 0 aliphatic rings. The monoisotopic (exact) mass is 288 g/mol. The summed E-state index contributed by atoms with van der Waals surface area (Å²) in [5, 5.41) is 9.44. The van der Waals surface area contributed by atoms with E-state index in [0.717, 1.165) is 35.1 Å². The Kier molecular flexibility index (Phi) is 5.27. The highest BCUT2D eigenvalue weighted by Crippen LogP contribution is 2.33. The molecule has 4 N–H and O–H groups in total. The first-order valence-corrected chi connectivity index (χ1v) is 7.01. The third-order valence-electron chi connectivity index (χ3n) is 1.44. The molecular formula is C8H8N4O2S3. The van der Waals surface area contributed by atoms with Crippen molar-refractivity contribution in [3.8, 4) is 6.07 Å². The summed E-state index contributed by atoms with van der Waals surface area (Å²) in [6, 6.07) is 1.99. The molecule has 2 amide bonds. The number of nitriles is 1. The van der Waals surface area contributed by atoms with Crippen LogP contribution in [0.25, 0.3) is 0 Å². The van der Waals surface area contributed by atoms with E-state index >= 15 is 0 Å². The lowest BCUT2D eigenvalue weighted by Gasteiger charge is -1.96. The third kappa shape index (κ3) is 4.26. The highest BCUT2D eigenvalue weighted by molar-refractivity contribution is 8.02. The first kappa shape index (κ1) is 13.8. The van der Waals surface area contributed by atoms with Crippen LogP contribution in [0.5, 0.6) is 0 Å². The molecule has 1 aromatic heterocycles. The molecule has 0 aliphatic heterocycles. The number of carbonyl (C=O) groups excluding carboxylic acids is 2. The van der Waals surface area contributed by atoms with Crippen LogP contribution >= 0.6 is 35.1 Å². The van der Waals surface area contributed by atoms with Crippen molar-refractivity contribution in [3.05, 3.63) is 5.56 Å². The Labute approximate surface area is 110 Å². The zero-order valence-corrected chi connectivity index (χ0v) is 11.0. The maximum atomic E-state index is 10.6. The van der Waals surface area contributed by atoms with E-state index in [1.807, 2.05) is 6.07 Å². The van der Waals surface area contributed by atoms with Crippen molar-refractivity contribution in [2.24, 2.45) is 11.5 Å². The third-order valence-corrected chi connectivity index (χ3v) is 4.67. The summed E-state index contributed by atoms with van der Waals surface area (Å²) in [4.78, 5) is 21.3. The van der Waals surface area contributed by atoms with Crippen LogP contribution in [-0.4, -0.2) is 27.7 Å². The highest BCUT2D eigenvalue weighted by atomic mass is 32.2. The molecule has 0 spiro atoms. The van der Waals surface area contributed by atoms with Gasteiger partial charge in [-0.2, -0.15) is 9.64 Å². The number of primary amides is 2. The first-order chi connectivity index (χ1) is 8.04. The topological polar surface area (TPSA) is 123 Å². The number of rotatable bonds is 6. The number of amides is 2. The lowest BCUT2D eigenvalue weighted by molar-refractivity contribution is -0.116. The van der Waals surface area contributed by atoms with E-state index in [-0.39, 0.29) is 11.5 Å². The Hall–Kier alpha value is -1.24. The Morgan fingerprint density at radius 1 is 1.29 bits per heavy atom. The number of hydrogen-bond acceptors (Lipinski definition) is 7. The minimum absolute atomic E-state index is 0.0678. The van der Waals surface area contributed by atoms with E-state index in [9.17, 15) is 9.59 Å². The van der Waals surface area contributed by atoms with Crippen LogP contribution in [0.2, 0.25) is 0 Å². The lowest BCUT2D eigenvalue weighted by Crippen LogP contribution is -2.13. The van der Waals surface area contributed by atoms with Crippen LogP contribution in [0.1, 0.15) is 5.56 Å². The summed E-state index contributed by atoms with van der Waals surface area (Å²) in [7, 11) is 0. The predicted molar refractivity (Wildman–Crippen MR) is 66.7 cm³/mol. The zero-order chi connectivity index (χ0) is 12.8. The van der Waals surface area contributed by atoms with E-state index in [1.165, 1.54) is 0 Å². The first-order valence-electron chi connectivity index (χ1n) is 4.26. The summed E-state index contributed by atoms with van der Waals surface area (Å²) in [5.74, 6) is -0.772. The van der Waals surface area contributed by atoms with Crippen molar-refractivity contribution in [1.82, 2.24) is 4.37 Å². The molecule has 1 heterocycles. The number of hydrogen-bond donors (Lipinski definition) is 2. The largest absolute Gasteiger partial charge is 0.369 e. The molecule has 1 rings (SSSR count). The molecule has 6 nitrogen and oxygen atoms in total. The maximum Gasteiger partial charge on any atom is 0.227 e. The summed E-state index contributed by atoms with van der Waals surface area (Å²) >= 11 is 3.38. The average Bonchev–Trinajstić information content (AvgIpc) is 2.65. The molecule has 0 atom stereocenters. The fourth-order valence-corrected chi connectivity index (χ4v) is 3.40. The summed E-state index contributed by atoms with van der Waals surface area (Å²) in [6.45, 7) is 0. The van der Waals surface area contributed by atoms with Gasteiger partial charge < -0.3 is 11.5 Å². The van der Waals surface area contributed by atoms with E-state index in [4.69, 9.17) is 16.7 Å². The number of carbonyl (C=O) groups is 2. The Morgan fingerprint density at radius 2 is 1.88 bits per heavy atom. The standard InChI is InChI=1S/C8H8N4O2S3/c9-1-4-7(15-2-5(10)13)12-17-8(4)16-3-6(11)14/h2-3H2,(H2,10,13)(H2,11,14). The molecule has 0 saturated heterocycles. The second kappa shape index (κ2) is 6.48. The van der Waals surface area contributed by atoms with Gasteiger partial charge in [-0.05, 0) is 11.5 Å². The van der Waals surface area contributed by atoms with E-state index in [0.29, 0.717) is 14.8 Å². The van der Waals surface area contributed by atoms with Crippen molar-refractivity contribution in [3.63, 3.8) is 0 Å². The van der Waals surface area contributed by atoms with Crippen LogP contribution in [0.15, 0.2) is 9.24 Å². The molecule has 0 aliphatic carbocycles. The van der Waals surface area contributed by atoms with Crippen LogP contribution in [0, 0.1) is 11.3 Å². The molecule has 0 bridgehead atoms. The van der Waals surface area contributed by atoms with E-state index < -0.39 is 11.8 Å². The van der Waals surface area contributed by atoms with Gasteiger partial charge in [0.1, 0.15) is 20.9 Å². The lowest BCUT2D eigenvalue weighted by atomic mass is 10.4. The minimum Gasteiger partial charge on any atom is -0.369 e. The van der Waals surface area contributed by atoms with Crippen molar-refractivity contribution < 1.29 is 9.59 Å². The normalized spacial score (nSPS) is 9.82. The molecule has 0 unspecified atom stereocenters. The van der Waals surface area contributed by atoms with Crippen LogP contribution < -0.4 is 11.5 Å². The molecular weight excluding hydrogens is 280 g/mol. The van der Waals surface area contributed by atoms with Gasteiger partial charge in [0.2, 0.25) is 11.8 Å². The van der Waals surface area contributed by atoms with E-state index in [2.05, 4.69) is 4.37 Å². The van der Waals surface area contributed by atoms with Crippen LogP contribution in [0.3, 0.4) is 0 Å². The van der Waals surface area contributed by atoms with Gasteiger partial charge in [0.05, 0.1) is 11.5 Å². The molecule has 0 aromatic carbocycles. The number of aromatic nitrogens is 1. The highest BCUT2D eigenvalue weighted by Gasteiger charge is 2.15. The van der Waals surface area contributed by atoms with Gasteiger partial charge in [0, 0.05) is 0 Å². The molecule has 9 heteroatoms. The summed E-state index contributed by atoms with van der Waals surface area (Å²) in [6.07, 6.45) is 0. The van der Waals surface area contributed by atoms with Crippen molar-refractivity contribution >= 4 is 46.9 Å². The van der Waals surface area contributed by atoms with Crippen LogP contribution in [-0.2, 0) is 9.59 Å². The van der Waals surface area contributed by atoms with Gasteiger partial charge in [-0.15, -0.1) is 11.8 Å². The van der Waals surface area contributed by atoms with Crippen molar-refractivity contribution in [1.29, 1.82) is 5.26 Å². The molecule has 0 saturated carbocycles. The molecule has 0 fully saturated rings. The van der Waals surface area contributed by atoms with Gasteiger partial charge >= 0.3 is 0 Å². The Balaban J connectivity index is 2.77. The second-order valence-corrected chi connectivity index (χ2v) is 5.75. The van der Waals surface area contributed by atoms with Crippen molar-refractivity contribution in [2.75, 3.05) is 11.5 Å². The second-order valence-electron chi connectivity index (χ2n) is 2.77. The van der Waals surface area contributed by atoms with Crippen molar-refractivity contribution in [2.45, 2.75) is 9.24 Å². The van der Waals surface area contributed by atoms with Gasteiger partial charge in [0.25, 0.3) is 0 Å². The fourth-order valence-electron chi connectivity index (χ4n) is 0.828. The molecule has 1 aromatic rings. The molecule has 0 radical (unpaired) electrons. The average molecular weight is 288 g/mol. The van der Waals surface area contributed by atoms with E-state index in [1.54, 1.807) is 0 Å². The summed E-state index contributed by atoms with van der Waals surface area (Å²) in [5.41, 5.74) is 10.4. The Bertz CT molecular complexity index is 444. The maximum absolute atomic E-state index is 10.6. The number of nitrogens with zero attached hydrogens (tertiary/aromatic N) is 2. The summed E-state index contributed by atoms with van der Waals surface area (Å²) < 4.78 is 4.66. The SMILES string of the molecule is N#Cc1c(SCC(N)=O)nsc1SCC(N)=O. The predicted octanol–water partition coefficient (Wildman–Crippen LogP) is 0.170. The molecule has 90 valence electrons. The smallest absolute Gasteiger partial charge is 0.227 e. The van der Waals surface area contributed by atoms with Gasteiger partial charge in [-0.25, -0.2) is 0 Å². The molecule has 17 heavy (non-hydrogen) atoms. The fraction of sp³-hybridized carbons (Fsp3) is 0.250. The van der Waals surface area contributed by atoms with Crippen LogP contribution in [0.4, 0.5) is 0 Å². The van der Waals surface area contributed by atoms with Gasteiger partial charge in [-0.3, -0.25) is 9.59 Å². The van der Waals surface area contributed by atoms with Gasteiger partial charge in [0.15, 0.2) is 0 Å². The Morgan fingerprint density at radius 3 is 2.41 bits per heavy atom. The minimum atomic E-state index is -0.474. The number of nitrogens with two attached hydrogens (primary N) is 2. The number of thioether (sulfide) groups is 2. The quantitative estimate of drug-likeness (QED) is 0.719. The van der Waals surface area contributed by atoms with Gasteiger partial charge in [-0.1, -0.05) is 11.8 Å².